The second-order valence-electron chi connectivity index (χ2n) is 27.4. The molecule has 4 amide bonds. The lowest BCUT2D eigenvalue weighted by Gasteiger charge is -2.25. The number of aliphatic hydroxyl groups is 2. The SMILES string of the molecule is CC(C)C(=O)Nc1nc2c(ncn2[C@@H]2O[C@H](COP(=O)(OCCC#N)O[C@H]3[C@H](F)[C@H](n4cnc5c(NC(=O)c6ccccc6)ncnc54)O[C@@H]3CO)[C@@H](F)[C@H]2O[PH](=O)O[C@@H]2[C@H](F)[C@@H](COP(=O)(OCCC#N)O[C@H]3[C@H](F)[C@H](n4cnc5c(NC(=O)c6ccccc6)ncnc54)O[C@@H]3CO)O[C@H]2n2cnc3c(=O)[nH]c(NC(=O)C(C)C)nc32)c(=O)[nH]1. The molecule has 4 saturated heterocycles. The Kier molecular flexibility index (Phi) is 26.0. The molecular formula is C68H71F4N22O23P3. The number of fused-ring (bicyclic) bond motifs is 4. The number of phosphoric acid groups is 2. The Bertz CT molecular complexity index is 5460. The van der Waals surface area contributed by atoms with E-state index < -0.39 is 256 Å². The molecule has 18 atom stereocenters. The van der Waals surface area contributed by atoms with Crippen LogP contribution in [0.25, 0.3) is 44.7 Å². The standard InChI is InChI=1S/C68H71F4N22O23P3/c1-31(2)57(97)87-67-85-55-45(61(101)89-67)81-29-93(55)65-49(39(69)37(112-65)23-108-119(104,106-19-11-17-73)116-47-35(21-95)110-63(41(47)71)91-27-79-43-51(75-25-77-53(43)91)83-59(99)33-13-7-5-8-14-33)114-118(103)115-50-40(70)38(113-66(50)94-30-82-46-56(94)86-68(90-62(46)102)88-58(98)32(3)4)24-109-120(105,107-20-12-18-74)117-48-36(22-96)111-64(42(48)72)92-28-80-44-52(76-26-78-54(44)92)84-60(100)34-15-9-6-10-16-34/h5-10,13-16,25-32,35-42,47-50,63-66,95-96,118H,11-12,19-24H2,1-4H3,(H,75,77,83,99)(H,76,78,84,100)(H2,85,87,89,97,101)(H2,86,88,90,98,102)/t35-,36-,37-,38-,39-,40-,41+,42+,47-,48-,49-,50-,63-,64-,65-,66-,119?,120?/m1/s1. The van der Waals surface area contributed by atoms with Gasteiger partial charge in [0.05, 0.1) is 89.9 Å². The van der Waals surface area contributed by atoms with Gasteiger partial charge in [0.2, 0.25) is 23.7 Å². The Hall–Kier alpha value is -11.0. The van der Waals surface area contributed by atoms with Gasteiger partial charge in [0.15, 0.2) is 106 Å². The van der Waals surface area contributed by atoms with Crippen LogP contribution in [0.4, 0.5) is 41.1 Å². The summed E-state index contributed by atoms with van der Waals surface area (Å²) in [6.07, 6.45) is -29.9. The number of nitrogens with one attached hydrogen (secondary N) is 6. The van der Waals surface area contributed by atoms with Crippen LogP contribution in [0.1, 0.15) is 86.2 Å². The number of nitrogens with zero attached hydrogens (tertiary/aromatic N) is 16. The zero-order chi connectivity index (χ0) is 85.0. The van der Waals surface area contributed by atoms with E-state index in [-0.39, 0.29) is 45.1 Å². The number of alkyl halides is 4. The van der Waals surface area contributed by atoms with Gasteiger partial charge < -0.3 is 39.8 Å². The number of hydrogen-bond donors (Lipinski definition) is 8. The Morgan fingerprint density at radius 3 is 1.24 bits per heavy atom. The fourth-order valence-corrected chi connectivity index (χ4v) is 16.7. The van der Waals surface area contributed by atoms with Crippen molar-refractivity contribution in [3.05, 3.63) is 130 Å². The number of imidazole rings is 4. The number of benzene rings is 2. The molecule has 0 radical (unpaired) electrons. The van der Waals surface area contributed by atoms with Crippen molar-refractivity contribution >= 4 is 116 Å². The molecule has 12 heterocycles. The van der Waals surface area contributed by atoms with Crippen LogP contribution in [-0.4, -0.2) is 225 Å². The topological polar surface area (TPSA) is 581 Å². The largest absolute Gasteiger partial charge is 0.475 e. The Balaban J connectivity index is 0.745. The van der Waals surface area contributed by atoms with Crippen molar-refractivity contribution in [3.8, 4) is 12.1 Å². The number of ether oxygens (including phenoxy) is 4. The number of amides is 4. The zero-order valence-corrected chi connectivity index (χ0v) is 65.6. The molecule has 120 heavy (non-hydrogen) atoms. The van der Waals surface area contributed by atoms with Crippen LogP contribution in [0.15, 0.2) is 108 Å². The lowest BCUT2D eigenvalue weighted by atomic mass is 10.1. The number of nitriles is 2. The highest BCUT2D eigenvalue weighted by Crippen LogP contribution is 2.57. The predicted octanol–water partition coefficient (Wildman–Crippen LogP) is 5.59. The molecule has 52 heteroatoms. The van der Waals surface area contributed by atoms with Crippen LogP contribution < -0.4 is 32.4 Å². The lowest BCUT2D eigenvalue weighted by Crippen LogP contribution is -2.35. The van der Waals surface area contributed by atoms with E-state index in [0.29, 0.717) is 0 Å². The summed E-state index contributed by atoms with van der Waals surface area (Å²) in [6.45, 7) is -0.0937. The molecule has 2 aromatic carbocycles. The highest BCUT2D eigenvalue weighted by molar-refractivity contribution is 7.48. The fraction of sp³-hybridized carbons (Fsp3) is 0.441. The molecule has 8 N–H and O–H groups in total. The van der Waals surface area contributed by atoms with Crippen molar-refractivity contribution in [2.75, 3.05) is 60.9 Å². The molecule has 2 unspecified atom stereocenters. The van der Waals surface area contributed by atoms with Crippen LogP contribution in [0.5, 0.6) is 0 Å². The lowest BCUT2D eigenvalue weighted by molar-refractivity contribution is -0.119. The average Bonchev–Trinajstić information content (AvgIpc) is 1.61. The van der Waals surface area contributed by atoms with E-state index in [1.165, 1.54) is 52.0 Å². The van der Waals surface area contributed by atoms with Crippen LogP contribution in [0, 0.1) is 34.5 Å². The average molecular weight is 1730 g/mol. The van der Waals surface area contributed by atoms with Gasteiger partial charge in [-0.05, 0) is 24.3 Å². The summed E-state index contributed by atoms with van der Waals surface area (Å²) in [5, 5.41) is 50.4. The maximum atomic E-state index is 18.0. The third kappa shape index (κ3) is 17.9. The number of carbonyl (C=O) groups is 4. The van der Waals surface area contributed by atoms with Gasteiger partial charge in [-0.15, -0.1) is 0 Å². The summed E-state index contributed by atoms with van der Waals surface area (Å²) >= 11 is 0. The number of anilines is 4. The minimum Gasteiger partial charge on any atom is -0.394 e. The van der Waals surface area contributed by atoms with Gasteiger partial charge in [0.25, 0.3) is 22.9 Å². The monoisotopic (exact) mass is 1730 g/mol. The minimum atomic E-state index is -5.42. The van der Waals surface area contributed by atoms with E-state index >= 15 is 31.3 Å². The number of H-pyrrole nitrogens is 2. The number of carbonyl (C=O) groups excluding carboxylic acids is 4. The van der Waals surface area contributed by atoms with Gasteiger partial charge in [-0.1, -0.05) is 64.1 Å². The first-order valence-corrected chi connectivity index (χ1v) is 40.6. The van der Waals surface area contributed by atoms with E-state index in [9.17, 15) is 49.5 Å². The van der Waals surface area contributed by atoms with Crippen LogP contribution in [0.2, 0.25) is 0 Å². The van der Waals surface area contributed by atoms with Gasteiger partial charge in [-0.3, -0.25) is 108 Å². The molecule has 0 saturated carbocycles. The first kappa shape index (κ1) is 85.4. The summed E-state index contributed by atoms with van der Waals surface area (Å²) in [5.41, 5.74) is -3.72. The maximum absolute atomic E-state index is 18.0. The summed E-state index contributed by atoms with van der Waals surface area (Å²) < 4.78 is 189. The van der Waals surface area contributed by atoms with Gasteiger partial charge in [-0.25, -0.2) is 66.6 Å². The van der Waals surface area contributed by atoms with Crippen molar-refractivity contribution in [2.24, 2.45) is 11.8 Å². The first-order chi connectivity index (χ1) is 57.7. The first-order valence-electron chi connectivity index (χ1n) is 36.5. The summed E-state index contributed by atoms with van der Waals surface area (Å²) in [7, 11) is -15.5. The summed E-state index contributed by atoms with van der Waals surface area (Å²) in [5.74, 6) is -5.01. The second kappa shape index (κ2) is 36.5. The van der Waals surface area contributed by atoms with Crippen LogP contribution >= 0.6 is 23.9 Å². The van der Waals surface area contributed by atoms with Gasteiger partial charge in [-0.2, -0.15) is 20.5 Å². The number of halogens is 4. The number of hydrogen-bond acceptors (Lipinski definition) is 35. The number of aromatic amines is 2. The molecule has 4 fully saturated rings. The zero-order valence-electron chi connectivity index (χ0n) is 62.8. The number of phosphoric ester groups is 2. The smallest absolute Gasteiger partial charge is 0.394 e. The normalized spacial score (nSPS) is 25.5. The van der Waals surface area contributed by atoms with Gasteiger partial charge in [0.1, 0.15) is 61.5 Å². The molecule has 0 spiro atoms. The molecule has 10 aromatic rings. The molecule has 4 aliphatic rings. The van der Waals surface area contributed by atoms with Gasteiger partial charge >= 0.3 is 23.9 Å². The summed E-state index contributed by atoms with van der Waals surface area (Å²) in [6, 6.07) is 19.5. The molecule has 45 nitrogen and oxygen atoms in total. The molecule has 0 aliphatic carbocycles. The van der Waals surface area contributed by atoms with Crippen molar-refractivity contribution in [1.29, 1.82) is 10.5 Å². The predicted molar refractivity (Wildman–Crippen MR) is 400 cm³/mol. The van der Waals surface area contributed by atoms with Crippen molar-refractivity contribution in [2.45, 2.75) is 139 Å². The third-order valence-corrected chi connectivity index (χ3v) is 22.7. The van der Waals surface area contributed by atoms with E-state index in [1.807, 2.05) is 0 Å². The Morgan fingerprint density at radius 2 is 0.875 bits per heavy atom. The highest BCUT2D eigenvalue weighted by atomic mass is 31.2. The van der Waals surface area contributed by atoms with Crippen molar-refractivity contribution in [1.82, 2.24) is 78.1 Å². The van der Waals surface area contributed by atoms with E-state index in [2.05, 4.69) is 81.1 Å². The summed E-state index contributed by atoms with van der Waals surface area (Å²) in [4.78, 5) is 126. The molecular weight excluding hydrogens is 1660 g/mol. The van der Waals surface area contributed by atoms with Crippen LogP contribution in [0.3, 0.4) is 0 Å². The highest BCUT2D eigenvalue weighted by Gasteiger charge is 2.57. The molecule has 8 aromatic heterocycles. The second-order valence-corrected chi connectivity index (χ2v) is 31.6. The van der Waals surface area contributed by atoms with Crippen molar-refractivity contribution < 1.29 is 116 Å². The molecule has 634 valence electrons. The molecule has 0 bridgehead atoms. The van der Waals surface area contributed by atoms with Gasteiger partial charge in [0, 0.05) is 23.0 Å². The molecule has 4 aliphatic heterocycles. The van der Waals surface area contributed by atoms with Crippen LogP contribution in [-0.2, 0) is 78.4 Å². The van der Waals surface area contributed by atoms with E-state index in [1.54, 1.807) is 48.5 Å². The quantitative estimate of drug-likeness (QED) is 0.0138. The third-order valence-electron chi connectivity index (χ3n) is 18.9. The fourth-order valence-electron chi connectivity index (χ4n) is 12.9. The van der Waals surface area contributed by atoms with Crippen molar-refractivity contribution in [3.63, 3.8) is 0 Å². The number of aromatic nitrogens is 16. The number of rotatable bonds is 34. The maximum Gasteiger partial charge on any atom is 0.475 e. The Labute approximate surface area is 671 Å². The Morgan fingerprint density at radius 1 is 0.508 bits per heavy atom. The minimum absolute atomic E-state index is 0.0510. The number of aliphatic hydroxyl groups excluding tert-OH is 2. The molecule has 14 rings (SSSR count). The van der Waals surface area contributed by atoms with E-state index in [4.69, 9.17) is 55.1 Å². The van der Waals surface area contributed by atoms with E-state index in [0.717, 1.165) is 56.2 Å².